The van der Waals surface area contributed by atoms with Crippen LogP contribution in [0.25, 0.3) is 0 Å². The van der Waals surface area contributed by atoms with Crippen LogP contribution in [0.4, 0.5) is 17.1 Å². The maximum Gasteiger partial charge on any atom is 0.160 e. The average molecular weight is 416 g/mol. The predicted octanol–water partition coefficient (Wildman–Crippen LogP) is 5.50. The summed E-state index contributed by atoms with van der Waals surface area (Å²) in [5.74, 6) is 0.168. The SMILES string of the molecule is CC(=O)C1(N2CCCc3cc(N)c(NCc4ccccc4)cc32)C=CC(C)=CC1(C)C. The van der Waals surface area contributed by atoms with Crippen molar-refractivity contribution < 1.29 is 4.79 Å². The van der Waals surface area contributed by atoms with Crippen molar-refractivity contribution in [2.75, 3.05) is 22.5 Å². The fraction of sp³-hybridized carbons (Fsp3) is 0.370. The molecule has 0 radical (unpaired) electrons. The number of fused-ring (bicyclic) bond motifs is 1. The number of nitrogens with one attached hydrogen (secondary N) is 1. The van der Waals surface area contributed by atoms with Crippen LogP contribution < -0.4 is 16.0 Å². The molecule has 4 nitrogen and oxygen atoms in total. The fourth-order valence-electron chi connectivity index (χ4n) is 5.36. The van der Waals surface area contributed by atoms with Gasteiger partial charge >= 0.3 is 0 Å². The van der Waals surface area contributed by atoms with E-state index in [2.05, 4.69) is 73.5 Å². The molecule has 162 valence electrons. The van der Waals surface area contributed by atoms with Crippen molar-refractivity contribution in [1.82, 2.24) is 0 Å². The van der Waals surface area contributed by atoms with Crippen LogP contribution >= 0.6 is 0 Å². The Balaban J connectivity index is 1.76. The zero-order valence-electron chi connectivity index (χ0n) is 19.0. The first-order chi connectivity index (χ1) is 14.7. The van der Waals surface area contributed by atoms with Gasteiger partial charge in [-0.15, -0.1) is 0 Å². The normalized spacial score (nSPS) is 21.9. The largest absolute Gasteiger partial charge is 0.397 e. The molecule has 2 aromatic rings. The Bertz CT molecular complexity index is 1050. The number of ketones is 1. The first kappa shape index (κ1) is 21.2. The third-order valence-corrected chi connectivity index (χ3v) is 6.82. The summed E-state index contributed by atoms with van der Waals surface area (Å²) < 4.78 is 0. The van der Waals surface area contributed by atoms with E-state index < -0.39 is 5.54 Å². The molecule has 0 aromatic heterocycles. The smallest absolute Gasteiger partial charge is 0.160 e. The van der Waals surface area contributed by atoms with Gasteiger partial charge in [-0.3, -0.25) is 4.79 Å². The summed E-state index contributed by atoms with van der Waals surface area (Å²) in [5, 5.41) is 3.51. The Kier molecular flexibility index (Phi) is 5.42. The highest BCUT2D eigenvalue weighted by Gasteiger charge is 2.52. The number of rotatable bonds is 5. The highest BCUT2D eigenvalue weighted by Crippen LogP contribution is 2.48. The van der Waals surface area contributed by atoms with Crippen LogP contribution in [0.3, 0.4) is 0 Å². The second kappa shape index (κ2) is 7.92. The van der Waals surface area contributed by atoms with Gasteiger partial charge in [-0.05, 0) is 49.9 Å². The van der Waals surface area contributed by atoms with Gasteiger partial charge in [0.25, 0.3) is 0 Å². The molecule has 0 saturated carbocycles. The summed E-state index contributed by atoms with van der Waals surface area (Å²) in [5.41, 5.74) is 11.8. The first-order valence-corrected chi connectivity index (χ1v) is 11.1. The van der Waals surface area contributed by atoms with Crippen molar-refractivity contribution in [3.05, 3.63) is 77.4 Å². The van der Waals surface area contributed by atoms with Crippen LogP contribution in [-0.4, -0.2) is 17.9 Å². The maximum absolute atomic E-state index is 13.3. The minimum absolute atomic E-state index is 0.168. The molecule has 4 heteroatoms. The van der Waals surface area contributed by atoms with E-state index in [-0.39, 0.29) is 11.2 Å². The van der Waals surface area contributed by atoms with Crippen LogP contribution in [0, 0.1) is 5.41 Å². The van der Waals surface area contributed by atoms with Crippen molar-refractivity contribution in [2.45, 2.75) is 52.6 Å². The van der Waals surface area contributed by atoms with E-state index in [1.54, 1.807) is 6.92 Å². The van der Waals surface area contributed by atoms with E-state index in [1.807, 2.05) is 18.2 Å². The Morgan fingerprint density at radius 3 is 2.61 bits per heavy atom. The Morgan fingerprint density at radius 2 is 1.94 bits per heavy atom. The molecule has 0 amide bonds. The molecule has 0 saturated heterocycles. The van der Waals surface area contributed by atoms with Crippen molar-refractivity contribution >= 4 is 22.8 Å². The van der Waals surface area contributed by atoms with Crippen LogP contribution in [0.2, 0.25) is 0 Å². The number of nitrogens with zero attached hydrogens (tertiary/aromatic N) is 1. The van der Waals surface area contributed by atoms with Crippen molar-refractivity contribution in [3.8, 4) is 0 Å². The summed E-state index contributed by atoms with van der Waals surface area (Å²) in [6.45, 7) is 9.70. The molecule has 0 spiro atoms. The highest BCUT2D eigenvalue weighted by atomic mass is 16.1. The molecular weight excluding hydrogens is 382 g/mol. The number of nitrogen functional groups attached to an aromatic ring is 1. The van der Waals surface area contributed by atoms with E-state index in [1.165, 1.54) is 16.7 Å². The molecular formula is C27H33N3O. The fourth-order valence-corrected chi connectivity index (χ4v) is 5.36. The van der Waals surface area contributed by atoms with Gasteiger partial charge in [0.1, 0.15) is 5.54 Å². The van der Waals surface area contributed by atoms with Gasteiger partial charge in [-0.25, -0.2) is 0 Å². The zero-order chi connectivity index (χ0) is 22.2. The van der Waals surface area contributed by atoms with Gasteiger partial charge in [-0.1, -0.05) is 68.0 Å². The third-order valence-electron chi connectivity index (χ3n) is 6.82. The molecule has 3 N–H and O–H groups in total. The monoisotopic (exact) mass is 415 g/mol. The minimum Gasteiger partial charge on any atom is -0.397 e. The summed E-state index contributed by atoms with van der Waals surface area (Å²) in [7, 11) is 0. The summed E-state index contributed by atoms with van der Waals surface area (Å²) >= 11 is 0. The number of carbonyl (C=O) groups is 1. The summed E-state index contributed by atoms with van der Waals surface area (Å²) in [6.07, 6.45) is 8.42. The molecule has 1 heterocycles. The first-order valence-electron chi connectivity index (χ1n) is 11.1. The number of allylic oxidation sites excluding steroid dienone is 2. The van der Waals surface area contributed by atoms with E-state index in [9.17, 15) is 4.79 Å². The zero-order valence-corrected chi connectivity index (χ0v) is 19.0. The Labute approximate surface area is 185 Å². The number of carbonyl (C=O) groups excluding carboxylic acids is 1. The number of Topliss-reactive ketones (excluding diaryl/α,β-unsaturated/α-hetero) is 1. The molecule has 0 fully saturated rings. The number of hydrogen-bond acceptors (Lipinski definition) is 4. The standard InChI is InChI=1S/C27H33N3O/c1-19-12-13-27(20(2)31,26(3,4)17-19)30-14-8-11-22-15-23(28)24(16-25(22)30)29-18-21-9-6-5-7-10-21/h5-7,9-10,12-13,15-17,29H,8,11,14,18,28H2,1-4H3. The van der Waals surface area contributed by atoms with Gasteiger partial charge < -0.3 is 16.0 Å². The van der Waals surface area contributed by atoms with Crippen LogP contribution in [0.15, 0.2) is 66.3 Å². The summed E-state index contributed by atoms with van der Waals surface area (Å²) in [6, 6.07) is 14.5. The van der Waals surface area contributed by atoms with E-state index >= 15 is 0 Å². The van der Waals surface area contributed by atoms with Crippen molar-refractivity contribution in [3.63, 3.8) is 0 Å². The topological polar surface area (TPSA) is 58.4 Å². The van der Waals surface area contributed by atoms with Crippen LogP contribution in [0.5, 0.6) is 0 Å². The van der Waals surface area contributed by atoms with Gasteiger partial charge in [0.05, 0.1) is 11.4 Å². The molecule has 2 aliphatic rings. The van der Waals surface area contributed by atoms with E-state index in [0.29, 0.717) is 6.54 Å². The van der Waals surface area contributed by atoms with Crippen molar-refractivity contribution in [2.24, 2.45) is 5.41 Å². The predicted molar refractivity (Wildman–Crippen MR) is 130 cm³/mol. The second-order valence-corrected chi connectivity index (χ2v) is 9.43. The lowest BCUT2D eigenvalue weighted by Crippen LogP contribution is -2.63. The lowest BCUT2D eigenvalue weighted by molar-refractivity contribution is -0.123. The molecule has 0 bridgehead atoms. The van der Waals surface area contributed by atoms with E-state index in [0.717, 1.165) is 36.4 Å². The number of nitrogens with two attached hydrogens (primary N) is 1. The average Bonchev–Trinajstić information content (AvgIpc) is 2.72. The molecule has 1 aliphatic carbocycles. The quantitative estimate of drug-likeness (QED) is 0.633. The number of hydrogen-bond donors (Lipinski definition) is 2. The summed E-state index contributed by atoms with van der Waals surface area (Å²) in [4.78, 5) is 15.6. The Hall–Kier alpha value is -3.01. The van der Waals surface area contributed by atoms with Crippen LogP contribution in [-0.2, 0) is 17.8 Å². The molecule has 2 aromatic carbocycles. The molecule has 1 atom stereocenters. The van der Waals surface area contributed by atoms with Crippen LogP contribution in [0.1, 0.15) is 45.2 Å². The van der Waals surface area contributed by atoms with Crippen molar-refractivity contribution in [1.29, 1.82) is 0 Å². The third kappa shape index (κ3) is 3.65. The minimum atomic E-state index is -0.714. The van der Waals surface area contributed by atoms with Gasteiger partial charge in [0, 0.05) is 24.2 Å². The Morgan fingerprint density at radius 1 is 1.19 bits per heavy atom. The molecule has 31 heavy (non-hydrogen) atoms. The number of benzene rings is 2. The lowest BCUT2D eigenvalue weighted by atomic mass is 9.64. The highest BCUT2D eigenvalue weighted by molar-refractivity contribution is 5.95. The molecule has 4 rings (SSSR count). The van der Waals surface area contributed by atoms with Gasteiger partial charge in [-0.2, -0.15) is 0 Å². The van der Waals surface area contributed by atoms with E-state index in [4.69, 9.17) is 5.73 Å². The number of anilines is 3. The number of aryl methyl sites for hydroxylation is 1. The second-order valence-electron chi connectivity index (χ2n) is 9.43. The van der Waals surface area contributed by atoms with Gasteiger partial charge in [0.15, 0.2) is 5.78 Å². The maximum atomic E-state index is 13.3. The lowest BCUT2D eigenvalue weighted by Gasteiger charge is -2.53. The van der Waals surface area contributed by atoms with Gasteiger partial charge in [0.2, 0.25) is 0 Å². The molecule has 1 unspecified atom stereocenters. The molecule has 1 aliphatic heterocycles.